The molecule has 0 spiro atoms. The molecule has 0 aliphatic carbocycles. The van der Waals surface area contributed by atoms with E-state index in [0.29, 0.717) is 5.75 Å². The molecule has 0 aliphatic rings. The van der Waals surface area contributed by atoms with Gasteiger partial charge in [0.25, 0.3) is 0 Å². The van der Waals surface area contributed by atoms with Gasteiger partial charge >= 0.3 is 0 Å². The summed E-state index contributed by atoms with van der Waals surface area (Å²) in [5, 5.41) is 5.00. The second-order valence-corrected chi connectivity index (χ2v) is 6.31. The van der Waals surface area contributed by atoms with Gasteiger partial charge in [-0.2, -0.15) is 5.10 Å². The van der Waals surface area contributed by atoms with Gasteiger partial charge in [0.1, 0.15) is 0 Å². The lowest BCUT2D eigenvalue weighted by Crippen LogP contribution is -2.06. The SMILES string of the molecule is COc1cc(/C=N\Nc2nc(C)c(C)s2)ccc1OC(C)C. The van der Waals surface area contributed by atoms with Crippen LogP contribution in [0.3, 0.4) is 0 Å². The van der Waals surface area contributed by atoms with Crippen LogP contribution < -0.4 is 14.9 Å². The van der Waals surface area contributed by atoms with E-state index in [0.717, 1.165) is 22.1 Å². The van der Waals surface area contributed by atoms with Crippen LogP contribution in [0.5, 0.6) is 11.5 Å². The van der Waals surface area contributed by atoms with Gasteiger partial charge in [0.05, 0.1) is 25.1 Å². The van der Waals surface area contributed by atoms with Crippen LogP contribution in [-0.2, 0) is 0 Å². The molecule has 0 atom stereocenters. The van der Waals surface area contributed by atoms with Crippen molar-refractivity contribution in [2.75, 3.05) is 12.5 Å². The molecular formula is C16H21N3O2S. The number of hydrogen-bond donors (Lipinski definition) is 1. The molecule has 1 aromatic heterocycles. The lowest BCUT2D eigenvalue weighted by molar-refractivity contribution is 0.230. The number of aryl methyl sites for hydroxylation is 2. The average Bonchev–Trinajstić information content (AvgIpc) is 2.78. The largest absolute Gasteiger partial charge is 0.493 e. The standard InChI is InChI=1S/C16H21N3O2S/c1-10(2)21-14-7-6-13(8-15(14)20-5)9-17-19-16-18-11(3)12(4)22-16/h6-10H,1-5H3,(H,18,19)/b17-9-. The average molecular weight is 319 g/mol. The van der Waals surface area contributed by atoms with Gasteiger partial charge in [0, 0.05) is 4.88 Å². The third kappa shape index (κ3) is 4.21. The number of hydrogen-bond acceptors (Lipinski definition) is 6. The van der Waals surface area contributed by atoms with Gasteiger partial charge in [0.2, 0.25) is 5.13 Å². The van der Waals surface area contributed by atoms with E-state index in [1.807, 2.05) is 45.9 Å². The summed E-state index contributed by atoms with van der Waals surface area (Å²) in [7, 11) is 1.63. The number of rotatable bonds is 6. The van der Waals surface area contributed by atoms with Crippen LogP contribution in [0.15, 0.2) is 23.3 Å². The summed E-state index contributed by atoms with van der Waals surface area (Å²) in [5.74, 6) is 1.42. The maximum absolute atomic E-state index is 5.69. The molecule has 0 fully saturated rings. The lowest BCUT2D eigenvalue weighted by Gasteiger charge is -2.13. The third-order valence-electron chi connectivity index (χ3n) is 2.95. The summed E-state index contributed by atoms with van der Waals surface area (Å²) in [6.45, 7) is 7.99. The maximum Gasteiger partial charge on any atom is 0.203 e. The molecule has 0 saturated carbocycles. The van der Waals surface area contributed by atoms with Gasteiger partial charge in [-0.1, -0.05) is 0 Å². The first-order chi connectivity index (χ1) is 10.5. The topological polar surface area (TPSA) is 55.7 Å². The Labute approximate surface area is 135 Å². The fourth-order valence-corrected chi connectivity index (χ4v) is 2.56. The molecular weight excluding hydrogens is 298 g/mol. The molecule has 0 radical (unpaired) electrons. The van der Waals surface area contributed by atoms with Crippen LogP contribution in [0.4, 0.5) is 5.13 Å². The third-order valence-corrected chi connectivity index (χ3v) is 3.93. The van der Waals surface area contributed by atoms with Crippen molar-refractivity contribution in [2.24, 2.45) is 5.10 Å². The number of nitrogens with one attached hydrogen (secondary N) is 1. The summed E-state index contributed by atoms with van der Waals surface area (Å²) >= 11 is 1.59. The predicted molar refractivity (Wildman–Crippen MR) is 91.6 cm³/mol. The molecule has 0 unspecified atom stereocenters. The smallest absolute Gasteiger partial charge is 0.203 e. The van der Waals surface area contributed by atoms with E-state index in [4.69, 9.17) is 9.47 Å². The van der Waals surface area contributed by atoms with E-state index in [2.05, 4.69) is 15.5 Å². The van der Waals surface area contributed by atoms with Crippen molar-refractivity contribution >= 4 is 22.7 Å². The molecule has 0 saturated heterocycles. The number of anilines is 1. The summed E-state index contributed by atoms with van der Waals surface area (Å²) in [6.07, 6.45) is 1.83. The van der Waals surface area contributed by atoms with Crippen molar-refractivity contribution in [2.45, 2.75) is 33.8 Å². The zero-order valence-electron chi connectivity index (χ0n) is 13.5. The first-order valence-corrected chi connectivity index (χ1v) is 7.89. The molecule has 0 amide bonds. The van der Waals surface area contributed by atoms with Crippen molar-refractivity contribution < 1.29 is 9.47 Å². The highest BCUT2D eigenvalue weighted by Crippen LogP contribution is 2.28. The van der Waals surface area contributed by atoms with Gasteiger partial charge in [-0.05, 0) is 51.5 Å². The quantitative estimate of drug-likeness (QED) is 0.646. The van der Waals surface area contributed by atoms with Crippen LogP contribution in [0.2, 0.25) is 0 Å². The molecule has 1 aromatic carbocycles. The minimum absolute atomic E-state index is 0.103. The van der Waals surface area contributed by atoms with Gasteiger partial charge in [-0.25, -0.2) is 4.98 Å². The van der Waals surface area contributed by atoms with E-state index in [1.54, 1.807) is 24.7 Å². The van der Waals surface area contributed by atoms with Crippen molar-refractivity contribution in [3.05, 3.63) is 34.3 Å². The van der Waals surface area contributed by atoms with Gasteiger partial charge in [-0.3, -0.25) is 5.43 Å². The molecule has 0 bridgehead atoms. The molecule has 6 heteroatoms. The minimum atomic E-state index is 0.103. The Morgan fingerprint density at radius 1 is 1.27 bits per heavy atom. The highest BCUT2D eigenvalue weighted by Gasteiger charge is 2.07. The summed E-state index contributed by atoms with van der Waals surface area (Å²) in [6, 6.07) is 5.71. The van der Waals surface area contributed by atoms with Gasteiger partial charge < -0.3 is 9.47 Å². The number of thiazole rings is 1. The molecule has 1 heterocycles. The van der Waals surface area contributed by atoms with E-state index in [1.165, 1.54) is 4.88 Å². The zero-order chi connectivity index (χ0) is 16.1. The Morgan fingerprint density at radius 3 is 2.64 bits per heavy atom. The first-order valence-electron chi connectivity index (χ1n) is 7.07. The summed E-state index contributed by atoms with van der Waals surface area (Å²) in [4.78, 5) is 5.56. The fourth-order valence-electron chi connectivity index (χ4n) is 1.80. The second kappa shape index (κ2) is 7.26. The van der Waals surface area contributed by atoms with Gasteiger partial charge in [-0.15, -0.1) is 11.3 Å². The Morgan fingerprint density at radius 2 is 2.05 bits per heavy atom. The van der Waals surface area contributed by atoms with Crippen molar-refractivity contribution in [1.82, 2.24) is 4.98 Å². The molecule has 2 aromatic rings. The van der Waals surface area contributed by atoms with Crippen molar-refractivity contribution in [3.63, 3.8) is 0 Å². The normalized spacial score (nSPS) is 11.2. The Balaban J connectivity index is 2.07. The second-order valence-electron chi connectivity index (χ2n) is 5.11. The maximum atomic E-state index is 5.69. The van der Waals surface area contributed by atoms with Gasteiger partial charge in [0.15, 0.2) is 11.5 Å². The van der Waals surface area contributed by atoms with Crippen LogP contribution >= 0.6 is 11.3 Å². The van der Waals surface area contributed by atoms with Crippen molar-refractivity contribution in [3.8, 4) is 11.5 Å². The number of benzene rings is 1. The van der Waals surface area contributed by atoms with E-state index < -0.39 is 0 Å². The molecule has 118 valence electrons. The van der Waals surface area contributed by atoms with Crippen LogP contribution in [0.1, 0.15) is 30.0 Å². The molecule has 1 N–H and O–H groups in total. The molecule has 2 rings (SSSR count). The van der Waals surface area contributed by atoms with E-state index >= 15 is 0 Å². The number of ether oxygens (including phenoxy) is 2. The fraction of sp³-hybridized carbons (Fsp3) is 0.375. The lowest BCUT2D eigenvalue weighted by atomic mass is 10.2. The molecule has 5 nitrogen and oxygen atoms in total. The Bertz CT molecular complexity index is 646. The predicted octanol–water partition coefficient (Wildman–Crippen LogP) is 4.00. The zero-order valence-corrected chi connectivity index (χ0v) is 14.3. The number of nitrogens with zero attached hydrogens (tertiary/aromatic N) is 2. The van der Waals surface area contributed by atoms with Crippen molar-refractivity contribution in [1.29, 1.82) is 0 Å². The molecule has 0 aliphatic heterocycles. The highest BCUT2D eigenvalue weighted by molar-refractivity contribution is 7.15. The number of hydrazone groups is 1. The monoisotopic (exact) mass is 319 g/mol. The highest BCUT2D eigenvalue weighted by atomic mass is 32.1. The summed E-state index contributed by atoms with van der Waals surface area (Å²) in [5.41, 5.74) is 4.89. The van der Waals surface area contributed by atoms with Crippen LogP contribution in [-0.4, -0.2) is 24.4 Å². The molecule has 22 heavy (non-hydrogen) atoms. The van der Waals surface area contributed by atoms with Crippen LogP contribution in [0.25, 0.3) is 0 Å². The van der Waals surface area contributed by atoms with E-state index in [9.17, 15) is 0 Å². The minimum Gasteiger partial charge on any atom is -0.493 e. The Hall–Kier alpha value is -2.08. The van der Waals surface area contributed by atoms with E-state index in [-0.39, 0.29) is 6.10 Å². The number of aromatic nitrogens is 1. The van der Waals surface area contributed by atoms with Crippen LogP contribution in [0, 0.1) is 13.8 Å². The Kier molecular flexibility index (Phi) is 5.38. The number of methoxy groups -OCH3 is 1. The first kappa shape index (κ1) is 16.3. The summed E-state index contributed by atoms with van der Waals surface area (Å²) < 4.78 is 11.0.